The Kier molecular flexibility index (Phi) is 10.3. The molecular weight excluding hydrogens is 352 g/mol. The van der Waals surface area contributed by atoms with Gasteiger partial charge in [0, 0.05) is 6.92 Å². The molecule has 2 rings (SSSR count). The maximum atomic E-state index is 10.7. The van der Waals surface area contributed by atoms with Crippen LogP contribution in [0.5, 0.6) is 11.5 Å². The number of ether oxygens (including phenoxy) is 3. The van der Waals surface area contributed by atoms with Crippen LogP contribution in [0.2, 0.25) is 0 Å². The lowest BCUT2D eigenvalue weighted by atomic mass is 10.1. The van der Waals surface area contributed by atoms with E-state index in [9.17, 15) is 4.79 Å². The third-order valence-electron chi connectivity index (χ3n) is 4.66. The van der Waals surface area contributed by atoms with Gasteiger partial charge in [-0.05, 0) is 67.1 Å². The lowest BCUT2D eigenvalue weighted by molar-refractivity contribution is -0.141. The molecule has 0 aromatic heterocycles. The van der Waals surface area contributed by atoms with Gasteiger partial charge < -0.3 is 14.2 Å². The lowest BCUT2D eigenvalue weighted by Crippen LogP contribution is -2.01. The normalized spacial score (nSPS) is 10.8. The first kappa shape index (κ1) is 22.1. The predicted molar refractivity (Wildman–Crippen MR) is 114 cm³/mol. The van der Waals surface area contributed by atoms with Crippen molar-refractivity contribution >= 4 is 16.7 Å². The first-order valence-corrected chi connectivity index (χ1v) is 10.6. The smallest absolute Gasteiger partial charge is 0.302 e. The van der Waals surface area contributed by atoms with Crippen LogP contribution in [0.4, 0.5) is 0 Å². The molecule has 0 aliphatic rings. The summed E-state index contributed by atoms with van der Waals surface area (Å²) in [4.78, 5) is 10.7. The van der Waals surface area contributed by atoms with Crippen molar-refractivity contribution in [2.75, 3.05) is 19.8 Å². The topological polar surface area (TPSA) is 44.8 Å². The molecule has 154 valence electrons. The van der Waals surface area contributed by atoms with Crippen molar-refractivity contribution in [3.05, 3.63) is 36.4 Å². The van der Waals surface area contributed by atoms with Crippen molar-refractivity contribution < 1.29 is 19.0 Å². The molecule has 0 heterocycles. The van der Waals surface area contributed by atoms with Crippen LogP contribution in [0.3, 0.4) is 0 Å². The number of rotatable bonds is 14. The van der Waals surface area contributed by atoms with E-state index in [0.717, 1.165) is 55.6 Å². The van der Waals surface area contributed by atoms with Gasteiger partial charge in [-0.15, -0.1) is 0 Å². The van der Waals surface area contributed by atoms with E-state index in [4.69, 9.17) is 14.2 Å². The number of esters is 1. The van der Waals surface area contributed by atoms with Gasteiger partial charge in [0.25, 0.3) is 0 Å². The largest absolute Gasteiger partial charge is 0.494 e. The van der Waals surface area contributed by atoms with E-state index in [1.54, 1.807) is 0 Å². The summed E-state index contributed by atoms with van der Waals surface area (Å²) in [6, 6.07) is 12.4. The molecule has 0 aliphatic heterocycles. The molecule has 28 heavy (non-hydrogen) atoms. The van der Waals surface area contributed by atoms with Crippen LogP contribution in [0.1, 0.15) is 65.2 Å². The summed E-state index contributed by atoms with van der Waals surface area (Å²) in [7, 11) is 0. The van der Waals surface area contributed by atoms with Gasteiger partial charge in [-0.2, -0.15) is 0 Å². The molecule has 0 spiro atoms. The van der Waals surface area contributed by atoms with Crippen molar-refractivity contribution in [2.24, 2.45) is 0 Å². The lowest BCUT2D eigenvalue weighted by Gasteiger charge is -2.10. The van der Waals surface area contributed by atoms with E-state index >= 15 is 0 Å². The van der Waals surface area contributed by atoms with Crippen LogP contribution < -0.4 is 9.47 Å². The number of hydrogen-bond donors (Lipinski definition) is 0. The molecule has 2 aromatic carbocycles. The van der Waals surface area contributed by atoms with Crippen molar-refractivity contribution in [3.8, 4) is 11.5 Å². The van der Waals surface area contributed by atoms with Gasteiger partial charge in [-0.3, -0.25) is 4.79 Å². The fourth-order valence-corrected chi connectivity index (χ4v) is 3.06. The van der Waals surface area contributed by atoms with Crippen molar-refractivity contribution in [2.45, 2.75) is 65.2 Å². The minimum atomic E-state index is -0.203. The van der Waals surface area contributed by atoms with Gasteiger partial charge in [0.05, 0.1) is 19.8 Å². The average Bonchev–Trinajstić information content (AvgIpc) is 2.69. The van der Waals surface area contributed by atoms with E-state index < -0.39 is 0 Å². The van der Waals surface area contributed by atoms with Crippen LogP contribution in [0, 0.1) is 0 Å². The minimum absolute atomic E-state index is 0.203. The van der Waals surface area contributed by atoms with Gasteiger partial charge >= 0.3 is 5.97 Å². The fraction of sp³-hybridized carbons (Fsp3) is 0.542. The van der Waals surface area contributed by atoms with Crippen molar-refractivity contribution in [3.63, 3.8) is 0 Å². The van der Waals surface area contributed by atoms with Gasteiger partial charge in [-0.1, -0.05) is 38.3 Å². The van der Waals surface area contributed by atoms with Crippen LogP contribution in [-0.2, 0) is 9.53 Å². The molecule has 0 radical (unpaired) electrons. The van der Waals surface area contributed by atoms with Crippen LogP contribution in [-0.4, -0.2) is 25.8 Å². The zero-order chi connectivity index (χ0) is 20.0. The van der Waals surface area contributed by atoms with Gasteiger partial charge in [0.2, 0.25) is 0 Å². The molecule has 0 aliphatic carbocycles. The number of benzene rings is 2. The molecule has 0 N–H and O–H groups in total. The van der Waals surface area contributed by atoms with E-state index in [1.807, 2.05) is 12.1 Å². The van der Waals surface area contributed by atoms with Crippen LogP contribution >= 0.6 is 0 Å². The maximum absolute atomic E-state index is 10.7. The van der Waals surface area contributed by atoms with E-state index in [2.05, 4.69) is 31.2 Å². The summed E-state index contributed by atoms with van der Waals surface area (Å²) in [5.41, 5.74) is 0. The second kappa shape index (κ2) is 13.0. The number of carbonyl (C=O) groups is 1. The highest BCUT2D eigenvalue weighted by Gasteiger charge is 2.01. The Balaban J connectivity index is 1.69. The number of carbonyl (C=O) groups excluding carboxylic acids is 1. The SMILES string of the molecule is CCCCCCOc1ccc2cc(OCCCCCCOC(C)=O)ccc2c1. The molecule has 0 fully saturated rings. The molecule has 0 unspecified atom stereocenters. The first-order valence-electron chi connectivity index (χ1n) is 10.6. The Morgan fingerprint density at radius 1 is 0.714 bits per heavy atom. The van der Waals surface area contributed by atoms with Crippen LogP contribution in [0.25, 0.3) is 10.8 Å². The van der Waals surface area contributed by atoms with Gasteiger partial charge in [-0.25, -0.2) is 0 Å². The van der Waals surface area contributed by atoms with Crippen molar-refractivity contribution in [1.29, 1.82) is 0 Å². The molecule has 4 nitrogen and oxygen atoms in total. The first-order chi connectivity index (χ1) is 13.7. The van der Waals surface area contributed by atoms with E-state index in [-0.39, 0.29) is 5.97 Å². The average molecular weight is 387 g/mol. The standard InChI is InChI=1S/C24H34O4/c1-3-4-5-8-16-27-23-13-11-22-19-24(14-12-21(22)18-23)28-17-10-7-6-9-15-26-20(2)25/h11-14,18-19H,3-10,15-17H2,1-2H3. The molecule has 0 saturated carbocycles. The molecular formula is C24H34O4. The summed E-state index contributed by atoms with van der Waals surface area (Å²) in [6.45, 7) is 5.67. The highest BCUT2D eigenvalue weighted by atomic mass is 16.5. The quantitative estimate of drug-likeness (QED) is 0.282. The molecule has 0 saturated heterocycles. The summed E-state index contributed by atoms with van der Waals surface area (Å²) in [5, 5.41) is 2.33. The number of fused-ring (bicyclic) bond motifs is 1. The minimum Gasteiger partial charge on any atom is -0.494 e. The Morgan fingerprint density at radius 2 is 1.21 bits per heavy atom. The molecule has 2 aromatic rings. The molecule has 4 heteroatoms. The fourth-order valence-electron chi connectivity index (χ4n) is 3.06. The number of unbranched alkanes of at least 4 members (excludes halogenated alkanes) is 6. The second-order valence-corrected chi connectivity index (χ2v) is 7.18. The Bertz CT molecular complexity index is 711. The van der Waals surface area contributed by atoms with Gasteiger partial charge in [0.15, 0.2) is 0 Å². The third-order valence-corrected chi connectivity index (χ3v) is 4.66. The highest BCUT2D eigenvalue weighted by Crippen LogP contribution is 2.25. The Hall–Kier alpha value is -2.23. The maximum Gasteiger partial charge on any atom is 0.302 e. The van der Waals surface area contributed by atoms with Gasteiger partial charge in [0.1, 0.15) is 11.5 Å². The predicted octanol–water partition coefficient (Wildman–Crippen LogP) is 6.30. The molecule has 0 amide bonds. The third kappa shape index (κ3) is 8.64. The monoisotopic (exact) mass is 386 g/mol. The summed E-state index contributed by atoms with van der Waals surface area (Å²) < 4.78 is 16.7. The summed E-state index contributed by atoms with van der Waals surface area (Å²) in [5.74, 6) is 1.64. The zero-order valence-electron chi connectivity index (χ0n) is 17.4. The Morgan fingerprint density at radius 3 is 1.71 bits per heavy atom. The number of hydrogen-bond acceptors (Lipinski definition) is 4. The van der Waals surface area contributed by atoms with Crippen LogP contribution in [0.15, 0.2) is 36.4 Å². The van der Waals surface area contributed by atoms with E-state index in [0.29, 0.717) is 13.2 Å². The van der Waals surface area contributed by atoms with Crippen molar-refractivity contribution in [1.82, 2.24) is 0 Å². The molecule has 0 bridgehead atoms. The van der Waals surface area contributed by atoms with E-state index in [1.165, 1.54) is 31.6 Å². The summed E-state index contributed by atoms with van der Waals surface area (Å²) >= 11 is 0. The summed E-state index contributed by atoms with van der Waals surface area (Å²) in [6.07, 6.45) is 8.92. The Labute approximate surface area is 169 Å². The zero-order valence-corrected chi connectivity index (χ0v) is 17.4. The molecule has 0 atom stereocenters. The second-order valence-electron chi connectivity index (χ2n) is 7.18. The highest BCUT2D eigenvalue weighted by molar-refractivity contribution is 5.85.